The third-order valence-corrected chi connectivity index (χ3v) is 5.84. The Labute approximate surface area is 178 Å². The highest BCUT2D eigenvalue weighted by Crippen LogP contribution is 2.54. The highest BCUT2D eigenvalue weighted by molar-refractivity contribution is 5.91. The molecule has 1 fully saturated rings. The van der Waals surface area contributed by atoms with Crippen LogP contribution in [0.3, 0.4) is 0 Å². The fraction of sp³-hybridized carbons (Fsp3) is 0.333. The molecule has 7 nitrogen and oxygen atoms in total. The van der Waals surface area contributed by atoms with Crippen LogP contribution in [0.2, 0.25) is 0 Å². The minimum atomic E-state index is -0.776. The summed E-state index contributed by atoms with van der Waals surface area (Å²) in [6.07, 6.45) is -1.28. The number of methoxy groups -OCH3 is 1. The number of hydrogen-bond acceptors (Lipinski definition) is 7. The van der Waals surface area contributed by atoms with Gasteiger partial charge >= 0.3 is 5.97 Å². The minimum Gasteiger partial charge on any atom is -0.496 e. The standard InChI is InChI=1S/C24H22O7/c1-12(25)28-22-20-19-17(30-23(20)31-24(22,2)3)11-16(27-4)18-14(26)10-15(29-21(18)19)13-8-6-5-7-9-13/h5-11,20,22-23H,1-4H3. The van der Waals surface area contributed by atoms with Crippen molar-refractivity contribution in [2.24, 2.45) is 0 Å². The predicted octanol–water partition coefficient (Wildman–Crippen LogP) is 4.01. The molecule has 7 heteroatoms. The number of carbonyl (C=O) groups is 1. The molecule has 1 aromatic heterocycles. The summed E-state index contributed by atoms with van der Waals surface area (Å²) >= 11 is 0. The molecule has 3 atom stereocenters. The molecule has 2 aliphatic heterocycles. The van der Waals surface area contributed by atoms with Crippen LogP contribution in [-0.4, -0.2) is 31.1 Å². The molecule has 0 amide bonds. The van der Waals surface area contributed by atoms with Gasteiger partial charge in [-0.25, -0.2) is 0 Å². The lowest BCUT2D eigenvalue weighted by Gasteiger charge is -2.27. The lowest BCUT2D eigenvalue weighted by atomic mass is 9.87. The van der Waals surface area contributed by atoms with Crippen molar-refractivity contribution in [3.63, 3.8) is 0 Å². The summed E-state index contributed by atoms with van der Waals surface area (Å²) in [5, 5.41) is 0.316. The van der Waals surface area contributed by atoms with Crippen LogP contribution in [0.25, 0.3) is 22.3 Å². The van der Waals surface area contributed by atoms with Crippen LogP contribution >= 0.6 is 0 Å². The van der Waals surface area contributed by atoms with Gasteiger partial charge in [-0.2, -0.15) is 0 Å². The van der Waals surface area contributed by atoms with E-state index in [2.05, 4.69) is 0 Å². The first-order valence-corrected chi connectivity index (χ1v) is 10.1. The molecule has 160 valence electrons. The second-order valence-corrected chi connectivity index (χ2v) is 8.30. The Bertz CT molecular complexity index is 1240. The highest BCUT2D eigenvalue weighted by atomic mass is 16.7. The fourth-order valence-electron chi connectivity index (χ4n) is 4.54. The Morgan fingerprint density at radius 1 is 1.13 bits per heavy atom. The van der Waals surface area contributed by atoms with Gasteiger partial charge in [-0.1, -0.05) is 30.3 Å². The molecule has 1 saturated heterocycles. The van der Waals surface area contributed by atoms with Crippen molar-refractivity contribution in [3.05, 3.63) is 58.3 Å². The number of hydrogen-bond donors (Lipinski definition) is 0. The molecule has 0 spiro atoms. The number of fused-ring (bicyclic) bond motifs is 5. The second-order valence-electron chi connectivity index (χ2n) is 8.30. The maximum atomic E-state index is 13.1. The number of benzene rings is 2. The molecular formula is C24H22O7. The maximum absolute atomic E-state index is 13.1. The van der Waals surface area contributed by atoms with Crippen LogP contribution in [0.4, 0.5) is 0 Å². The van der Waals surface area contributed by atoms with E-state index >= 15 is 0 Å². The normalized spacial score (nSPS) is 23.2. The molecule has 2 aliphatic rings. The van der Waals surface area contributed by atoms with Gasteiger partial charge in [0.05, 0.1) is 18.6 Å². The van der Waals surface area contributed by atoms with Crippen LogP contribution in [0, 0.1) is 0 Å². The molecule has 3 heterocycles. The van der Waals surface area contributed by atoms with Crippen LogP contribution in [-0.2, 0) is 14.3 Å². The number of carbonyl (C=O) groups excluding carboxylic acids is 1. The van der Waals surface area contributed by atoms with Crippen LogP contribution in [0.5, 0.6) is 11.5 Å². The summed E-state index contributed by atoms with van der Waals surface area (Å²) in [6, 6.07) is 12.5. The molecule has 5 rings (SSSR count). The smallest absolute Gasteiger partial charge is 0.303 e. The van der Waals surface area contributed by atoms with E-state index in [0.717, 1.165) is 5.56 Å². The third kappa shape index (κ3) is 2.99. The minimum absolute atomic E-state index is 0.231. The Morgan fingerprint density at radius 2 is 1.87 bits per heavy atom. The molecule has 0 N–H and O–H groups in total. The van der Waals surface area contributed by atoms with E-state index < -0.39 is 29.9 Å². The molecule has 3 aromatic rings. The molecular weight excluding hydrogens is 400 g/mol. The van der Waals surface area contributed by atoms with Crippen molar-refractivity contribution in [2.45, 2.75) is 44.7 Å². The Hall–Kier alpha value is -3.32. The van der Waals surface area contributed by atoms with Crippen molar-refractivity contribution >= 4 is 16.9 Å². The van der Waals surface area contributed by atoms with Gasteiger partial charge in [-0.15, -0.1) is 0 Å². The Kier molecular flexibility index (Phi) is 4.34. The average molecular weight is 422 g/mol. The average Bonchev–Trinajstić information content (AvgIpc) is 3.19. The highest BCUT2D eigenvalue weighted by Gasteiger charge is 2.58. The van der Waals surface area contributed by atoms with E-state index in [-0.39, 0.29) is 5.43 Å². The summed E-state index contributed by atoms with van der Waals surface area (Å²) in [7, 11) is 1.49. The van der Waals surface area contributed by atoms with Crippen LogP contribution in [0.1, 0.15) is 32.3 Å². The van der Waals surface area contributed by atoms with Crippen LogP contribution in [0.15, 0.2) is 51.7 Å². The molecule has 0 radical (unpaired) electrons. The molecule has 0 bridgehead atoms. The SMILES string of the molecule is COc1cc2c(c3oc(-c4ccccc4)cc(=O)c13)C1C(O2)OC(C)(C)C1OC(C)=O. The zero-order valence-corrected chi connectivity index (χ0v) is 17.6. The van der Waals surface area contributed by atoms with Gasteiger partial charge < -0.3 is 23.4 Å². The van der Waals surface area contributed by atoms with Gasteiger partial charge in [0.15, 0.2) is 5.43 Å². The summed E-state index contributed by atoms with van der Waals surface area (Å²) in [5.74, 6) is 0.404. The number of ether oxygens (including phenoxy) is 4. The van der Waals surface area contributed by atoms with E-state index in [0.29, 0.717) is 33.8 Å². The molecule has 31 heavy (non-hydrogen) atoms. The summed E-state index contributed by atoms with van der Waals surface area (Å²) in [6.45, 7) is 5.05. The van der Waals surface area contributed by atoms with Gasteiger partial charge in [0.2, 0.25) is 6.29 Å². The predicted molar refractivity (Wildman–Crippen MR) is 112 cm³/mol. The number of esters is 1. The van der Waals surface area contributed by atoms with E-state index in [1.165, 1.54) is 20.1 Å². The quantitative estimate of drug-likeness (QED) is 0.590. The largest absolute Gasteiger partial charge is 0.496 e. The monoisotopic (exact) mass is 422 g/mol. The van der Waals surface area contributed by atoms with Gasteiger partial charge in [-0.3, -0.25) is 9.59 Å². The lowest BCUT2D eigenvalue weighted by Crippen LogP contribution is -2.38. The Balaban J connectivity index is 1.79. The van der Waals surface area contributed by atoms with E-state index in [1.54, 1.807) is 6.07 Å². The first kappa shape index (κ1) is 19.6. The van der Waals surface area contributed by atoms with Crippen molar-refractivity contribution in [1.82, 2.24) is 0 Å². The summed E-state index contributed by atoms with van der Waals surface area (Å²) < 4.78 is 29.5. The topological polar surface area (TPSA) is 84.2 Å². The lowest BCUT2D eigenvalue weighted by molar-refractivity contribution is -0.159. The van der Waals surface area contributed by atoms with Gasteiger partial charge in [-0.05, 0) is 13.8 Å². The maximum Gasteiger partial charge on any atom is 0.303 e. The van der Waals surface area contributed by atoms with Gasteiger partial charge in [0.1, 0.15) is 39.9 Å². The summed E-state index contributed by atoms with van der Waals surface area (Å²) in [4.78, 5) is 25.0. The van der Waals surface area contributed by atoms with Gasteiger partial charge in [0, 0.05) is 24.6 Å². The molecule has 0 saturated carbocycles. The van der Waals surface area contributed by atoms with Crippen molar-refractivity contribution in [3.8, 4) is 22.8 Å². The van der Waals surface area contributed by atoms with E-state index in [4.69, 9.17) is 23.4 Å². The number of rotatable bonds is 3. The molecule has 2 aromatic carbocycles. The molecule has 3 unspecified atom stereocenters. The van der Waals surface area contributed by atoms with Crippen LogP contribution < -0.4 is 14.9 Å². The third-order valence-electron chi connectivity index (χ3n) is 5.84. The summed E-state index contributed by atoms with van der Waals surface area (Å²) in [5.41, 5.74) is 0.764. The van der Waals surface area contributed by atoms with Crippen molar-refractivity contribution in [2.75, 3.05) is 7.11 Å². The molecule has 0 aliphatic carbocycles. The first-order valence-electron chi connectivity index (χ1n) is 10.1. The zero-order valence-electron chi connectivity index (χ0n) is 17.6. The zero-order chi connectivity index (χ0) is 21.9. The Morgan fingerprint density at radius 3 is 2.55 bits per heavy atom. The first-order chi connectivity index (χ1) is 14.8. The van der Waals surface area contributed by atoms with Crippen molar-refractivity contribution < 1.29 is 28.2 Å². The van der Waals surface area contributed by atoms with E-state index in [1.807, 2.05) is 44.2 Å². The van der Waals surface area contributed by atoms with Gasteiger partial charge in [0.25, 0.3) is 0 Å². The fourth-order valence-corrected chi connectivity index (χ4v) is 4.54. The van der Waals surface area contributed by atoms with Crippen molar-refractivity contribution in [1.29, 1.82) is 0 Å². The second kappa shape index (κ2) is 6.85. The van der Waals surface area contributed by atoms with E-state index in [9.17, 15) is 9.59 Å².